The highest BCUT2D eigenvalue weighted by molar-refractivity contribution is 5.12. The molecule has 0 amide bonds. The van der Waals surface area contributed by atoms with Gasteiger partial charge in [-0.3, -0.25) is 4.90 Å². The lowest BCUT2D eigenvalue weighted by molar-refractivity contribution is 0.0572. The molecule has 13 heavy (non-hydrogen) atoms. The fourth-order valence-corrected chi connectivity index (χ4v) is 1.69. The molecule has 2 rings (SSSR count). The summed E-state index contributed by atoms with van der Waals surface area (Å²) in [6.07, 6.45) is 6.63. The highest BCUT2D eigenvalue weighted by atomic mass is 16.3. The molecule has 0 radical (unpaired) electrons. The van der Waals surface area contributed by atoms with Gasteiger partial charge >= 0.3 is 0 Å². The zero-order valence-electron chi connectivity index (χ0n) is 7.30. The van der Waals surface area contributed by atoms with Crippen molar-refractivity contribution in [1.82, 2.24) is 10.2 Å². The van der Waals surface area contributed by atoms with Gasteiger partial charge in [-0.1, -0.05) is 6.08 Å². The minimum Gasteiger partial charge on any atom is -0.389 e. The molecule has 1 saturated heterocycles. The lowest BCUT2D eigenvalue weighted by Crippen LogP contribution is -2.42. The van der Waals surface area contributed by atoms with Crippen LogP contribution in [0.3, 0.4) is 0 Å². The largest absolute Gasteiger partial charge is 0.389 e. The van der Waals surface area contributed by atoms with E-state index in [0.717, 1.165) is 0 Å². The van der Waals surface area contributed by atoms with E-state index in [1.165, 1.54) is 0 Å². The molecule has 0 aromatic heterocycles. The smallest absolute Gasteiger partial charge is 0.0986 e. The summed E-state index contributed by atoms with van der Waals surface area (Å²) in [5.41, 5.74) is 0. The molecular formula is C9H14N2O2. The van der Waals surface area contributed by atoms with Crippen LogP contribution in [0.25, 0.3) is 0 Å². The SMILES string of the molecule is O[C@H]1CN([C@H]2C=CC=CN2)C[C@@H]1O. The summed E-state index contributed by atoms with van der Waals surface area (Å²) in [6, 6.07) is 0. The van der Waals surface area contributed by atoms with Gasteiger partial charge < -0.3 is 15.5 Å². The zero-order chi connectivity index (χ0) is 9.26. The van der Waals surface area contributed by atoms with Gasteiger partial charge in [0.05, 0.1) is 18.4 Å². The second-order valence-corrected chi connectivity index (χ2v) is 3.44. The molecule has 0 aliphatic carbocycles. The lowest BCUT2D eigenvalue weighted by atomic mass is 10.3. The van der Waals surface area contributed by atoms with Gasteiger partial charge in [-0.25, -0.2) is 0 Å². The molecule has 0 bridgehead atoms. The maximum absolute atomic E-state index is 9.34. The van der Waals surface area contributed by atoms with Crippen LogP contribution in [0, 0.1) is 0 Å². The molecule has 3 N–H and O–H groups in total. The molecule has 3 atom stereocenters. The Balaban J connectivity index is 1.95. The van der Waals surface area contributed by atoms with Crippen molar-refractivity contribution in [2.24, 2.45) is 0 Å². The van der Waals surface area contributed by atoms with E-state index in [-0.39, 0.29) is 6.17 Å². The Hall–Kier alpha value is -0.840. The van der Waals surface area contributed by atoms with E-state index in [1.54, 1.807) is 0 Å². The molecule has 4 heteroatoms. The summed E-state index contributed by atoms with van der Waals surface area (Å²) in [7, 11) is 0. The van der Waals surface area contributed by atoms with Gasteiger partial charge in [0.2, 0.25) is 0 Å². The molecule has 0 aromatic carbocycles. The van der Waals surface area contributed by atoms with E-state index in [4.69, 9.17) is 0 Å². The monoisotopic (exact) mass is 182 g/mol. The summed E-state index contributed by atoms with van der Waals surface area (Å²) in [6.45, 7) is 1.05. The van der Waals surface area contributed by atoms with E-state index in [9.17, 15) is 10.2 Å². The topological polar surface area (TPSA) is 55.7 Å². The van der Waals surface area contributed by atoms with Crippen molar-refractivity contribution in [3.63, 3.8) is 0 Å². The number of likely N-dealkylation sites (tertiary alicyclic amines) is 1. The number of hydrogen-bond donors (Lipinski definition) is 3. The number of rotatable bonds is 1. The first-order valence-electron chi connectivity index (χ1n) is 4.47. The molecule has 0 spiro atoms. The lowest BCUT2D eigenvalue weighted by Gasteiger charge is -2.26. The first kappa shape index (κ1) is 8.74. The van der Waals surface area contributed by atoms with Crippen LogP contribution in [0.5, 0.6) is 0 Å². The number of aliphatic hydroxyl groups excluding tert-OH is 2. The number of hydrogen-bond acceptors (Lipinski definition) is 4. The Labute approximate surface area is 77.2 Å². The van der Waals surface area contributed by atoms with E-state index < -0.39 is 12.2 Å². The van der Waals surface area contributed by atoms with Gasteiger partial charge in [-0.2, -0.15) is 0 Å². The quantitative estimate of drug-likeness (QED) is 0.488. The third-order valence-electron chi connectivity index (χ3n) is 2.45. The number of dihydropyridines is 1. The van der Waals surface area contributed by atoms with Crippen LogP contribution in [0.2, 0.25) is 0 Å². The van der Waals surface area contributed by atoms with Gasteiger partial charge in [0.25, 0.3) is 0 Å². The number of nitrogens with zero attached hydrogens (tertiary/aromatic N) is 1. The van der Waals surface area contributed by atoms with Gasteiger partial charge in [0.15, 0.2) is 0 Å². The second-order valence-electron chi connectivity index (χ2n) is 3.44. The van der Waals surface area contributed by atoms with Crippen LogP contribution < -0.4 is 5.32 Å². The fraction of sp³-hybridized carbons (Fsp3) is 0.556. The Morgan fingerprint density at radius 3 is 2.38 bits per heavy atom. The van der Waals surface area contributed by atoms with Gasteiger partial charge in [0.1, 0.15) is 0 Å². The van der Waals surface area contributed by atoms with E-state index in [2.05, 4.69) is 5.32 Å². The van der Waals surface area contributed by atoms with Crippen molar-refractivity contribution < 1.29 is 10.2 Å². The van der Waals surface area contributed by atoms with Crippen molar-refractivity contribution in [2.45, 2.75) is 18.4 Å². The predicted molar refractivity (Wildman–Crippen MR) is 48.8 cm³/mol. The molecule has 2 aliphatic heterocycles. The van der Waals surface area contributed by atoms with Crippen molar-refractivity contribution in [3.05, 3.63) is 24.4 Å². The molecule has 72 valence electrons. The number of allylic oxidation sites excluding steroid dienone is 2. The summed E-state index contributed by atoms with van der Waals surface area (Å²) < 4.78 is 0. The van der Waals surface area contributed by atoms with Crippen LogP contribution in [-0.2, 0) is 0 Å². The molecular weight excluding hydrogens is 168 g/mol. The average Bonchev–Trinajstić information content (AvgIpc) is 2.49. The van der Waals surface area contributed by atoms with E-state index in [0.29, 0.717) is 13.1 Å². The van der Waals surface area contributed by atoms with Crippen LogP contribution in [0.4, 0.5) is 0 Å². The Morgan fingerprint density at radius 2 is 1.85 bits per heavy atom. The van der Waals surface area contributed by atoms with Crippen molar-refractivity contribution in [3.8, 4) is 0 Å². The molecule has 1 fully saturated rings. The van der Waals surface area contributed by atoms with Crippen molar-refractivity contribution in [2.75, 3.05) is 13.1 Å². The minimum atomic E-state index is -0.610. The first-order valence-corrected chi connectivity index (χ1v) is 4.47. The molecule has 0 aromatic rings. The Morgan fingerprint density at radius 1 is 1.15 bits per heavy atom. The zero-order valence-corrected chi connectivity index (χ0v) is 7.30. The third kappa shape index (κ3) is 1.75. The number of nitrogens with one attached hydrogen (secondary N) is 1. The highest BCUT2D eigenvalue weighted by Gasteiger charge is 2.32. The normalized spacial score (nSPS) is 39.4. The third-order valence-corrected chi connectivity index (χ3v) is 2.45. The Bertz CT molecular complexity index is 230. The molecule has 0 saturated carbocycles. The summed E-state index contributed by atoms with van der Waals surface area (Å²) >= 11 is 0. The van der Waals surface area contributed by atoms with Crippen LogP contribution in [0.1, 0.15) is 0 Å². The maximum Gasteiger partial charge on any atom is 0.0986 e. The first-order chi connectivity index (χ1) is 6.27. The molecule has 2 heterocycles. The fourth-order valence-electron chi connectivity index (χ4n) is 1.69. The maximum atomic E-state index is 9.34. The van der Waals surface area contributed by atoms with Gasteiger partial charge in [0, 0.05) is 13.1 Å². The summed E-state index contributed by atoms with van der Waals surface area (Å²) in [4.78, 5) is 2.01. The van der Waals surface area contributed by atoms with E-state index >= 15 is 0 Å². The van der Waals surface area contributed by atoms with Crippen molar-refractivity contribution >= 4 is 0 Å². The second kappa shape index (κ2) is 3.49. The molecule has 2 aliphatic rings. The predicted octanol–water partition coefficient (Wildman–Crippen LogP) is -0.977. The van der Waals surface area contributed by atoms with Crippen LogP contribution >= 0.6 is 0 Å². The standard InChI is InChI=1S/C9H14N2O2/c12-7-5-11(6-8(7)13)9-3-1-2-4-10-9/h1-4,7-10,12-13H,5-6H2/t7-,8-,9-/m0/s1. The summed E-state index contributed by atoms with van der Waals surface area (Å²) in [5.74, 6) is 0. The van der Waals surface area contributed by atoms with Gasteiger partial charge in [-0.05, 0) is 18.4 Å². The summed E-state index contributed by atoms with van der Waals surface area (Å²) in [5, 5.41) is 21.8. The minimum absolute atomic E-state index is 0.108. The van der Waals surface area contributed by atoms with Crippen LogP contribution in [-0.4, -0.2) is 46.6 Å². The number of aliphatic hydroxyl groups is 2. The highest BCUT2D eigenvalue weighted by Crippen LogP contribution is 2.13. The van der Waals surface area contributed by atoms with Crippen LogP contribution in [0.15, 0.2) is 24.4 Å². The molecule has 0 unspecified atom stereocenters. The molecule has 4 nitrogen and oxygen atoms in total. The number of β-amino-alcohol motifs (C(OH)–C–C–N with tert-alkyl or cyclic N) is 2. The Kier molecular flexibility index (Phi) is 2.35. The average molecular weight is 182 g/mol. The van der Waals surface area contributed by atoms with E-state index in [1.807, 2.05) is 29.3 Å². The van der Waals surface area contributed by atoms with Gasteiger partial charge in [-0.15, -0.1) is 0 Å². The van der Waals surface area contributed by atoms with Crippen molar-refractivity contribution in [1.29, 1.82) is 0 Å².